The van der Waals surface area contributed by atoms with Gasteiger partial charge >= 0.3 is 5.91 Å². The molecule has 23 heavy (non-hydrogen) atoms. The van der Waals surface area contributed by atoms with Crippen molar-refractivity contribution in [3.05, 3.63) is 44.7 Å². The molecule has 0 aliphatic carbocycles. The van der Waals surface area contributed by atoms with Gasteiger partial charge in [-0.25, -0.2) is 5.43 Å². The Morgan fingerprint density at radius 1 is 1.26 bits per heavy atom. The number of hydrogen-bond donors (Lipinski definition) is 4. The minimum atomic E-state index is -0.713. The van der Waals surface area contributed by atoms with E-state index in [0.717, 1.165) is 6.07 Å². The van der Waals surface area contributed by atoms with Crippen molar-refractivity contribution in [1.82, 2.24) is 5.43 Å². The number of hydrazone groups is 1. The number of rotatable bonds is 3. The molecule has 0 bridgehead atoms. The van der Waals surface area contributed by atoms with Crippen LogP contribution >= 0.6 is 34.8 Å². The molecule has 0 unspecified atom stereocenters. The summed E-state index contributed by atoms with van der Waals surface area (Å²) in [4.78, 5) is 14.5. The summed E-state index contributed by atoms with van der Waals surface area (Å²) in [5.74, 6) is -1.02. The number of aromatic hydroxyl groups is 2. The summed E-state index contributed by atoms with van der Waals surface area (Å²) in [6.45, 7) is 0. The van der Waals surface area contributed by atoms with Gasteiger partial charge in [-0.1, -0.05) is 23.2 Å². The van der Waals surface area contributed by atoms with Crippen LogP contribution in [0.25, 0.3) is 0 Å². The molecule has 0 atom stereocenters. The Bertz CT molecular complexity index is 812. The van der Waals surface area contributed by atoms with E-state index >= 15 is 0 Å². The van der Waals surface area contributed by atoms with Crippen molar-refractivity contribution < 1.29 is 20.0 Å². The SMILES string of the molecule is Nc1c(Cl)c(Cl)[nH+]c(C(=O)N/N=C/c2ccc(O)cc2O)c1Cl. The van der Waals surface area contributed by atoms with E-state index < -0.39 is 5.91 Å². The maximum Gasteiger partial charge on any atom is 0.337 e. The molecule has 7 nitrogen and oxygen atoms in total. The Kier molecular flexibility index (Phi) is 5.15. The van der Waals surface area contributed by atoms with Crippen LogP contribution in [-0.2, 0) is 0 Å². The molecule has 1 amide bonds. The van der Waals surface area contributed by atoms with E-state index in [2.05, 4.69) is 15.5 Å². The van der Waals surface area contributed by atoms with Crippen LogP contribution in [0, 0.1) is 0 Å². The Morgan fingerprint density at radius 3 is 2.61 bits per heavy atom. The van der Waals surface area contributed by atoms with E-state index in [0.29, 0.717) is 0 Å². The number of benzene rings is 1. The lowest BCUT2D eigenvalue weighted by Crippen LogP contribution is -2.28. The lowest BCUT2D eigenvalue weighted by molar-refractivity contribution is -0.379. The van der Waals surface area contributed by atoms with Gasteiger partial charge in [0.15, 0.2) is 0 Å². The number of aromatic amines is 1. The number of carbonyl (C=O) groups excluding carboxylic acids is 1. The van der Waals surface area contributed by atoms with Gasteiger partial charge in [0.2, 0.25) is 0 Å². The van der Waals surface area contributed by atoms with Crippen LogP contribution in [0.2, 0.25) is 15.2 Å². The number of anilines is 1. The predicted molar refractivity (Wildman–Crippen MR) is 87.3 cm³/mol. The van der Waals surface area contributed by atoms with Crippen LogP contribution in [0.4, 0.5) is 5.69 Å². The number of pyridine rings is 1. The highest BCUT2D eigenvalue weighted by Crippen LogP contribution is 2.31. The Labute approximate surface area is 145 Å². The molecule has 0 saturated carbocycles. The first-order chi connectivity index (χ1) is 10.8. The second kappa shape index (κ2) is 6.91. The summed E-state index contributed by atoms with van der Waals surface area (Å²) in [5, 5.41) is 22.3. The van der Waals surface area contributed by atoms with Crippen molar-refractivity contribution in [1.29, 1.82) is 0 Å². The maximum atomic E-state index is 12.0. The lowest BCUT2D eigenvalue weighted by atomic mass is 10.2. The number of phenols is 2. The van der Waals surface area contributed by atoms with Crippen LogP contribution in [0.5, 0.6) is 11.5 Å². The molecule has 1 aromatic heterocycles. The molecule has 0 aliphatic rings. The van der Waals surface area contributed by atoms with Gasteiger partial charge < -0.3 is 15.9 Å². The summed E-state index contributed by atoms with van der Waals surface area (Å²) in [6, 6.07) is 3.90. The molecule has 1 heterocycles. The van der Waals surface area contributed by atoms with Crippen molar-refractivity contribution in [3.8, 4) is 11.5 Å². The van der Waals surface area contributed by atoms with Crippen LogP contribution in [0.3, 0.4) is 0 Å². The Morgan fingerprint density at radius 2 is 1.96 bits per heavy atom. The minimum absolute atomic E-state index is 0.00531. The number of nitrogens with zero attached hydrogens (tertiary/aromatic N) is 1. The zero-order chi connectivity index (χ0) is 17.1. The molecule has 120 valence electrons. The second-order valence-corrected chi connectivity index (χ2v) is 5.43. The minimum Gasteiger partial charge on any atom is -0.508 e. The fourth-order valence-corrected chi connectivity index (χ4v) is 2.20. The molecule has 0 radical (unpaired) electrons. The van der Waals surface area contributed by atoms with Crippen molar-refractivity contribution in [2.24, 2.45) is 5.10 Å². The lowest BCUT2D eigenvalue weighted by Gasteiger charge is -2.03. The van der Waals surface area contributed by atoms with Gasteiger partial charge in [0.05, 0.1) is 11.9 Å². The largest absolute Gasteiger partial charge is 0.508 e. The molecule has 0 aliphatic heterocycles. The topological polar surface area (TPSA) is 122 Å². The molecule has 2 rings (SSSR count). The first-order valence-electron chi connectivity index (χ1n) is 6.02. The third kappa shape index (κ3) is 3.76. The first kappa shape index (κ1) is 17.1. The van der Waals surface area contributed by atoms with E-state index in [1.165, 1.54) is 18.3 Å². The van der Waals surface area contributed by atoms with E-state index in [-0.39, 0.29) is 43.6 Å². The van der Waals surface area contributed by atoms with E-state index in [4.69, 9.17) is 40.5 Å². The van der Waals surface area contributed by atoms with Gasteiger partial charge in [-0.15, -0.1) is 0 Å². The van der Waals surface area contributed by atoms with Gasteiger partial charge in [0.1, 0.15) is 21.5 Å². The number of hydrogen-bond acceptors (Lipinski definition) is 5. The number of phenolic OH excluding ortho intramolecular Hbond substituents is 2. The standard InChI is InChI=1S/C13H9Cl3N4O3/c14-8-10(17)9(15)12(16)19-11(8)13(23)20-18-4-5-1-2-6(21)3-7(5)22/h1-4,21-22H,(H2,17,19)(H,20,23)/p+1/b18-4+. The number of nitrogen functional groups attached to an aromatic ring is 1. The van der Waals surface area contributed by atoms with Crippen LogP contribution in [-0.4, -0.2) is 22.3 Å². The molecular formula is C13H10Cl3N4O3+. The third-order valence-corrected chi connectivity index (χ3v) is 3.90. The molecule has 0 spiro atoms. The highest BCUT2D eigenvalue weighted by atomic mass is 35.5. The van der Waals surface area contributed by atoms with Gasteiger partial charge in [-0.05, 0) is 23.7 Å². The fraction of sp³-hybridized carbons (Fsp3) is 0. The molecule has 2 aromatic rings. The monoisotopic (exact) mass is 375 g/mol. The highest BCUT2D eigenvalue weighted by Gasteiger charge is 2.25. The molecule has 1 aromatic carbocycles. The van der Waals surface area contributed by atoms with Crippen LogP contribution < -0.4 is 16.1 Å². The normalized spacial score (nSPS) is 10.9. The molecular weight excluding hydrogens is 367 g/mol. The van der Waals surface area contributed by atoms with Crippen molar-refractivity contribution in [2.75, 3.05) is 5.73 Å². The van der Waals surface area contributed by atoms with E-state index in [1.54, 1.807) is 0 Å². The first-order valence-corrected chi connectivity index (χ1v) is 7.15. The highest BCUT2D eigenvalue weighted by molar-refractivity contribution is 6.45. The fourth-order valence-electron chi connectivity index (χ4n) is 1.58. The molecule has 0 saturated heterocycles. The summed E-state index contributed by atoms with van der Waals surface area (Å²) in [6.07, 6.45) is 1.18. The van der Waals surface area contributed by atoms with Gasteiger partial charge in [0.25, 0.3) is 10.8 Å². The zero-order valence-electron chi connectivity index (χ0n) is 11.3. The number of aromatic nitrogens is 1. The third-order valence-electron chi connectivity index (χ3n) is 2.73. The number of halogens is 3. The molecule has 10 heteroatoms. The number of carbonyl (C=O) groups is 1. The molecule has 0 fully saturated rings. The number of nitrogens with one attached hydrogen (secondary N) is 2. The van der Waals surface area contributed by atoms with E-state index in [1.807, 2.05) is 0 Å². The average Bonchev–Trinajstić information content (AvgIpc) is 2.50. The Balaban J connectivity index is 2.18. The number of H-pyrrole nitrogens is 1. The summed E-state index contributed by atoms with van der Waals surface area (Å²) >= 11 is 17.5. The number of amides is 1. The second-order valence-electron chi connectivity index (χ2n) is 4.30. The van der Waals surface area contributed by atoms with Crippen molar-refractivity contribution in [2.45, 2.75) is 0 Å². The quantitative estimate of drug-likeness (QED) is 0.372. The Hall–Kier alpha value is -2.22. The van der Waals surface area contributed by atoms with Crippen molar-refractivity contribution >= 4 is 52.6 Å². The average molecular weight is 377 g/mol. The maximum absolute atomic E-state index is 12.0. The van der Waals surface area contributed by atoms with Crippen molar-refractivity contribution in [3.63, 3.8) is 0 Å². The van der Waals surface area contributed by atoms with Gasteiger partial charge in [-0.2, -0.15) is 10.1 Å². The van der Waals surface area contributed by atoms with Gasteiger partial charge in [-0.3, -0.25) is 4.79 Å². The van der Waals surface area contributed by atoms with Crippen LogP contribution in [0.15, 0.2) is 23.3 Å². The summed E-state index contributed by atoms with van der Waals surface area (Å²) < 4.78 is 0. The zero-order valence-corrected chi connectivity index (χ0v) is 13.5. The van der Waals surface area contributed by atoms with Crippen LogP contribution in [0.1, 0.15) is 16.1 Å². The van der Waals surface area contributed by atoms with E-state index in [9.17, 15) is 15.0 Å². The van der Waals surface area contributed by atoms with Gasteiger partial charge in [0, 0.05) is 11.6 Å². The number of nitrogens with two attached hydrogens (primary N) is 1. The summed E-state index contributed by atoms with van der Waals surface area (Å²) in [5.41, 5.74) is 7.94. The summed E-state index contributed by atoms with van der Waals surface area (Å²) in [7, 11) is 0. The predicted octanol–water partition coefficient (Wildman–Crippen LogP) is 2.22. The smallest absolute Gasteiger partial charge is 0.337 e. The molecule has 6 N–H and O–H groups in total.